The number of amides is 1. The van der Waals surface area contributed by atoms with E-state index >= 15 is 0 Å². The zero-order valence-electron chi connectivity index (χ0n) is 16.8. The topological polar surface area (TPSA) is 48.9 Å². The summed E-state index contributed by atoms with van der Waals surface area (Å²) in [6.45, 7) is 6.39. The molecule has 0 radical (unpaired) electrons. The highest BCUT2D eigenvalue weighted by Crippen LogP contribution is 2.24. The lowest BCUT2D eigenvalue weighted by Gasteiger charge is -2.42. The molecule has 3 rings (SSSR count). The molecule has 0 unspecified atom stereocenters. The van der Waals surface area contributed by atoms with E-state index in [1.54, 1.807) is 19.5 Å². The van der Waals surface area contributed by atoms with Crippen LogP contribution in [-0.4, -0.2) is 85.1 Å². The monoisotopic (exact) mass is 374 g/mol. The van der Waals surface area contributed by atoms with Gasteiger partial charge in [0.15, 0.2) is 0 Å². The van der Waals surface area contributed by atoms with Crippen LogP contribution in [0.1, 0.15) is 31.2 Å². The molecular formula is C21H34N4O2. The maximum atomic E-state index is 12.5. The smallest absolute Gasteiger partial charge is 0.248 e. The van der Waals surface area contributed by atoms with Gasteiger partial charge in [0, 0.05) is 38.6 Å². The van der Waals surface area contributed by atoms with Gasteiger partial charge in [0.25, 0.3) is 0 Å². The fourth-order valence-corrected chi connectivity index (χ4v) is 4.35. The Morgan fingerprint density at radius 2 is 1.81 bits per heavy atom. The Morgan fingerprint density at radius 1 is 1.15 bits per heavy atom. The van der Waals surface area contributed by atoms with Crippen LogP contribution in [0, 0.1) is 5.92 Å². The second kappa shape index (κ2) is 10.2. The van der Waals surface area contributed by atoms with E-state index < -0.39 is 0 Å². The molecule has 1 aromatic heterocycles. The summed E-state index contributed by atoms with van der Waals surface area (Å²) in [5, 5.41) is 0. The van der Waals surface area contributed by atoms with Crippen LogP contribution in [0.5, 0.6) is 0 Å². The van der Waals surface area contributed by atoms with Crippen LogP contribution in [0.2, 0.25) is 0 Å². The summed E-state index contributed by atoms with van der Waals surface area (Å²) in [6, 6.07) is 4.72. The average Bonchev–Trinajstić information content (AvgIpc) is 2.70. The molecule has 0 bridgehead atoms. The van der Waals surface area contributed by atoms with E-state index in [4.69, 9.17) is 4.74 Å². The fraction of sp³-hybridized carbons (Fsp3) is 0.714. The first-order valence-electron chi connectivity index (χ1n) is 10.2. The van der Waals surface area contributed by atoms with Gasteiger partial charge in [-0.3, -0.25) is 9.78 Å². The molecule has 6 heteroatoms. The number of ether oxygens (including phenoxy) is 1. The van der Waals surface area contributed by atoms with Gasteiger partial charge in [-0.2, -0.15) is 0 Å². The summed E-state index contributed by atoms with van der Waals surface area (Å²) in [6.07, 6.45) is 8.52. The van der Waals surface area contributed by atoms with Crippen molar-refractivity contribution in [3.8, 4) is 0 Å². The van der Waals surface area contributed by atoms with Crippen LogP contribution in [0.15, 0.2) is 24.5 Å². The number of hydrogen-bond acceptors (Lipinski definition) is 5. The summed E-state index contributed by atoms with van der Waals surface area (Å²) < 4.78 is 5.10. The molecule has 0 spiro atoms. The molecule has 2 aliphatic heterocycles. The molecule has 2 saturated heterocycles. The fourth-order valence-electron chi connectivity index (χ4n) is 4.35. The largest absolute Gasteiger partial charge is 0.375 e. The molecule has 6 nitrogen and oxygen atoms in total. The van der Waals surface area contributed by atoms with Gasteiger partial charge >= 0.3 is 0 Å². The first kappa shape index (κ1) is 20.2. The quantitative estimate of drug-likeness (QED) is 0.729. The van der Waals surface area contributed by atoms with Crippen LogP contribution in [-0.2, 0) is 16.1 Å². The predicted molar refractivity (Wildman–Crippen MR) is 106 cm³/mol. The molecule has 27 heavy (non-hydrogen) atoms. The third-order valence-corrected chi connectivity index (χ3v) is 6.08. The van der Waals surface area contributed by atoms with Gasteiger partial charge < -0.3 is 19.4 Å². The van der Waals surface area contributed by atoms with Crippen molar-refractivity contribution in [2.75, 3.05) is 53.5 Å². The zero-order valence-corrected chi connectivity index (χ0v) is 16.8. The van der Waals surface area contributed by atoms with E-state index in [1.807, 2.05) is 17.0 Å². The van der Waals surface area contributed by atoms with Gasteiger partial charge in [-0.1, -0.05) is 0 Å². The number of likely N-dealkylation sites (tertiary alicyclic amines) is 2. The molecule has 0 aliphatic carbocycles. The molecule has 0 saturated carbocycles. The zero-order chi connectivity index (χ0) is 19.1. The highest BCUT2D eigenvalue weighted by Gasteiger charge is 2.29. The minimum atomic E-state index is 0.0760. The van der Waals surface area contributed by atoms with Crippen molar-refractivity contribution in [1.29, 1.82) is 0 Å². The number of aromatic nitrogens is 1. The molecule has 2 aliphatic rings. The summed E-state index contributed by atoms with van der Waals surface area (Å²) >= 11 is 0. The second-order valence-corrected chi connectivity index (χ2v) is 8.08. The van der Waals surface area contributed by atoms with Crippen molar-refractivity contribution in [1.82, 2.24) is 19.7 Å². The lowest BCUT2D eigenvalue weighted by Crippen LogP contribution is -2.48. The second-order valence-electron chi connectivity index (χ2n) is 8.08. The van der Waals surface area contributed by atoms with Crippen LogP contribution in [0.3, 0.4) is 0 Å². The Hall–Kier alpha value is -1.50. The molecular weight excluding hydrogens is 340 g/mol. The van der Waals surface area contributed by atoms with Gasteiger partial charge in [0.2, 0.25) is 5.91 Å². The number of piperidine rings is 2. The molecule has 2 fully saturated rings. The Kier molecular flexibility index (Phi) is 7.61. The van der Waals surface area contributed by atoms with E-state index in [-0.39, 0.29) is 12.5 Å². The Labute approximate surface area is 163 Å². The SMILES string of the molecule is COCC(=O)N(Cc1ccncc1)CC1CCN(C2CCN(C)CC2)CC1. The number of methoxy groups -OCH3 is 1. The van der Waals surface area contributed by atoms with E-state index in [0.29, 0.717) is 12.5 Å². The minimum Gasteiger partial charge on any atom is -0.375 e. The molecule has 150 valence electrons. The first-order valence-corrected chi connectivity index (χ1v) is 10.2. The third kappa shape index (κ3) is 5.99. The van der Waals surface area contributed by atoms with Crippen molar-refractivity contribution < 1.29 is 9.53 Å². The molecule has 1 aromatic rings. The molecule has 0 atom stereocenters. The van der Waals surface area contributed by atoms with Crippen molar-refractivity contribution in [2.45, 2.75) is 38.3 Å². The number of nitrogens with zero attached hydrogens (tertiary/aromatic N) is 4. The summed E-state index contributed by atoms with van der Waals surface area (Å²) in [5.41, 5.74) is 1.12. The van der Waals surface area contributed by atoms with E-state index in [2.05, 4.69) is 21.8 Å². The van der Waals surface area contributed by atoms with Crippen molar-refractivity contribution in [2.24, 2.45) is 5.92 Å². The van der Waals surface area contributed by atoms with Crippen molar-refractivity contribution in [3.05, 3.63) is 30.1 Å². The maximum absolute atomic E-state index is 12.5. The average molecular weight is 375 g/mol. The van der Waals surface area contributed by atoms with Crippen LogP contribution >= 0.6 is 0 Å². The third-order valence-electron chi connectivity index (χ3n) is 6.08. The van der Waals surface area contributed by atoms with Crippen molar-refractivity contribution in [3.63, 3.8) is 0 Å². The van der Waals surface area contributed by atoms with Gasteiger partial charge in [-0.05, 0) is 82.5 Å². The van der Waals surface area contributed by atoms with E-state index in [0.717, 1.165) is 18.2 Å². The standard InChI is InChI=1S/C21H34N4O2/c1-23-11-7-20(8-12-23)24-13-5-19(6-14-24)16-25(21(26)17-27-2)15-18-3-9-22-10-4-18/h3-4,9-10,19-20H,5-8,11-17H2,1-2H3. The summed E-state index contributed by atoms with van der Waals surface area (Å²) in [4.78, 5) is 23.7. The van der Waals surface area contributed by atoms with E-state index in [1.165, 1.54) is 51.9 Å². The van der Waals surface area contributed by atoms with Crippen LogP contribution < -0.4 is 0 Å². The van der Waals surface area contributed by atoms with Gasteiger partial charge in [0.1, 0.15) is 6.61 Å². The Balaban J connectivity index is 1.51. The highest BCUT2D eigenvalue weighted by atomic mass is 16.5. The molecule has 0 aromatic carbocycles. The number of carbonyl (C=O) groups excluding carboxylic acids is 1. The van der Waals surface area contributed by atoms with Crippen LogP contribution in [0.25, 0.3) is 0 Å². The van der Waals surface area contributed by atoms with Crippen molar-refractivity contribution >= 4 is 5.91 Å². The van der Waals surface area contributed by atoms with Gasteiger partial charge in [-0.15, -0.1) is 0 Å². The highest BCUT2D eigenvalue weighted by molar-refractivity contribution is 5.77. The predicted octanol–water partition coefficient (Wildman–Crippen LogP) is 1.86. The number of rotatable bonds is 7. The molecule has 3 heterocycles. The lowest BCUT2D eigenvalue weighted by molar-refractivity contribution is -0.136. The maximum Gasteiger partial charge on any atom is 0.248 e. The number of carbonyl (C=O) groups is 1. The summed E-state index contributed by atoms with van der Waals surface area (Å²) in [7, 11) is 3.81. The molecule has 1 amide bonds. The minimum absolute atomic E-state index is 0.0760. The van der Waals surface area contributed by atoms with E-state index in [9.17, 15) is 4.79 Å². The van der Waals surface area contributed by atoms with Crippen LogP contribution in [0.4, 0.5) is 0 Å². The van der Waals surface area contributed by atoms with Gasteiger partial charge in [0.05, 0.1) is 0 Å². The summed E-state index contributed by atoms with van der Waals surface area (Å²) in [5.74, 6) is 0.655. The number of pyridine rings is 1. The number of hydrogen-bond donors (Lipinski definition) is 0. The normalized spacial score (nSPS) is 20.7. The Bertz CT molecular complexity index is 567. The lowest BCUT2D eigenvalue weighted by atomic mass is 9.93. The van der Waals surface area contributed by atoms with Gasteiger partial charge in [-0.25, -0.2) is 0 Å². The Morgan fingerprint density at radius 3 is 2.44 bits per heavy atom. The molecule has 0 N–H and O–H groups in total. The first-order chi connectivity index (χ1) is 13.2.